The van der Waals surface area contributed by atoms with Gasteiger partial charge in [-0.15, -0.1) is 0 Å². The van der Waals surface area contributed by atoms with E-state index in [0.29, 0.717) is 37.8 Å². The molecular weight excluding hydrogens is 270 g/mol. The Kier molecular flexibility index (Phi) is 6.39. The fourth-order valence-electron chi connectivity index (χ4n) is 2.03. The molecule has 0 saturated heterocycles. The molecule has 1 aromatic rings. The zero-order chi connectivity index (χ0) is 15.9. The lowest BCUT2D eigenvalue weighted by Crippen LogP contribution is -2.37. The van der Waals surface area contributed by atoms with Crippen LogP contribution in [0.1, 0.15) is 45.7 Å². The van der Waals surface area contributed by atoms with Gasteiger partial charge in [-0.05, 0) is 26.2 Å². The van der Waals surface area contributed by atoms with Gasteiger partial charge in [0.2, 0.25) is 11.8 Å². The van der Waals surface area contributed by atoms with Crippen molar-refractivity contribution in [3.63, 3.8) is 0 Å². The SMILES string of the molecule is CCCOc1cc(C)nc(NCC(CC)(CC)C(=O)O)n1. The van der Waals surface area contributed by atoms with Gasteiger partial charge in [-0.25, -0.2) is 4.98 Å². The summed E-state index contributed by atoms with van der Waals surface area (Å²) in [6.07, 6.45) is 2.01. The Morgan fingerprint density at radius 3 is 2.52 bits per heavy atom. The van der Waals surface area contributed by atoms with Gasteiger partial charge in [-0.1, -0.05) is 20.8 Å². The molecule has 0 atom stereocenters. The van der Waals surface area contributed by atoms with E-state index in [-0.39, 0.29) is 0 Å². The molecule has 0 unspecified atom stereocenters. The van der Waals surface area contributed by atoms with Crippen molar-refractivity contribution in [3.8, 4) is 5.88 Å². The molecule has 6 nitrogen and oxygen atoms in total. The van der Waals surface area contributed by atoms with E-state index in [9.17, 15) is 9.90 Å². The number of ether oxygens (including phenoxy) is 1. The summed E-state index contributed by atoms with van der Waals surface area (Å²) in [6, 6.07) is 1.77. The summed E-state index contributed by atoms with van der Waals surface area (Å²) in [5, 5.41) is 12.5. The number of hydrogen-bond donors (Lipinski definition) is 2. The van der Waals surface area contributed by atoms with Crippen molar-refractivity contribution in [2.75, 3.05) is 18.5 Å². The third-order valence-corrected chi connectivity index (χ3v) is 3.68. The van der Waals surface area contributed by atoms with E-state index in [2.05, 4.69) is 15.3 Å². The second-order valence-corrected chi connectivity index (χ2v) is 5.17. The van der Waals surface area contributed by atoms with Gasteiger partial charge in [0.25, 0.3) is 0 Å². The minimum absolute atomic E-state index is 0.298. The number of hydrogen-bond acceptors (Lipinski definition) is 5. The molecule has 0 aliphatic carbocycles. The standard InChI is InChI=1S/C15H25N3O3/c1-5-8-21-12-9-11(4)17-14(18-12)16-10-15(6-2,7-3)13(19)20/h9H,5-8,10H2,1-4H3,(H,19,20)(H,16,17,18). The van der Waals surface area contributed by atoms with Gasteiger partial charge >= 0.3 is 5.97 Å². The van der Waals surface area contributed by atoms with Gasteiger partial charge in [0.05, 0.1) is 12.0 Å². The van der Waals surface area contributed by atoms with Crippen molar-refractivity contribution in [3.05, 3.63) is 11.8 Å². The van der Waals surface area contributed by atoms with Crippen molar-refractivity contribution >= 4 is 11.9 Å². The largest absolute Gasteiger partial charge is 0.481 e. The van der Waals surface area contributed by atoms with Gasteiger partial charge < -0.3 is 15.2 Å². The highest BCUT2D eigenvalue weighted by atomic mass is 16.5. The minimum atomic E-state index is -0.796. The summed E-state index contributed by atoms with van der Waals surface area (Å²) in [7, 11) is 0. The number of aryl methyl sites for hydroxylation is 1. The normalized spacial score (nSPS) is 11.2. The van der Waals surface area contributed by atoms with Crippen LogP contribution < -0.4 is 10.1 Å². The zero-order valence-electron chi connectivity index (χ0n) is 13.3. The lowest BCUT2D eigenvalue weighted by Gasteiger charge is -2.26. The van der Waals surface area contributed by atoms with Crippen molar-refractivity contribution < 1.29 is 14.6 Å². The quantitative estimate of drug-likeness (QED) is 0.728. The summed E-state index contributed by atoms with van der Waals surface area (Å²) in [5.74, 6) is 0.129. The Hall–Kier alpha value is -1.85. The number of carboxylic acid groups (broad SMARTS) is 1. The van der Waals surface area contributed by atoms with Crippen LogP contribution in [0.15, 0.2) is 6.07 Å². The lowest BCUT2D eigenvalue weighted by atomic mass is 9.82. The number of nitrogens with zero attached hydrogens (tertiary/aromatic N) is 2. The molecule has 0 bridgehead atoms. The van der Waals surface area contributed by atoms with Gasteiger partial charge in [0.15, 0.2) is 0 Å². The number of carbonyl (C=O) groups is 1. The monoisotopic (exact) mass is 295 g/mol. The van der Waals surface area contributed by atoms with Crippen LogP contribution in [0, 0.1) is 12.3 Å². The molecule has 118 valence electrons. The van der Waals surface area contributed by atoms with Gasteiger partial charge in [-0.3, -0.25) is 4.79 Å². The topological polar surface area (TPSA) is 84.3 Å². The number of nitrogens with one attached hydrogen (secondary N) is 1. The number of aromatic nitrogens is 2. The molecule has 1 heterocycles. The van der Waals surface area contributed by atoms with Crippen molar-refractivity contribution in [2.24, 2.45) is 5.41 Å². The first kappa shape index (κ1) is 17.2. The van der Waals surface area contributed by atoms with Gasteiger partial charge in [0.1, 0.15) is 0 Å². The Balaban J connectivity index is 2.82. The van der Waals surface area contributed by atoms with Crippen LogP contribution >= 0.6 is 0 Å². The molecule has 0 spiro atoms. The van der Waals surface area contributed by atoms with Crippen molar-refractivity contribution in [2.45, 2.75) is 47.0 Å². The second-order valence-electron chi connectivity index (χ2n) is 5.17. The van der Waals surface area contributed by atoms with E-state index in [1.165, 1.54) is 0 Å². The van der Waals surface area contributed by atoms with Crippen LogP contribution in [0.4, 0.5) is 5.95 Å². The first-order chi connectivity index (χ1) is 9.97. The fraction of sp³-hybridized carbons (Fsp3) is 0.667. The maximum atomic E-state index is 11.5. The molecular formula is C15H25N3O3. The summed E-state index contributed by atoms with van der Waals surface area (Å²) >= 11 is 0. The summed E-state index contributed by atoms with van der Waals surface area (Å²) in [6.45, 7) is 8.54. The lowest BCUT2D eigenvalue weighted by molar-refractivity contribution is -0.148. The smallest absolute Gasteiger partial charge is 0.311 e. The third-order valence-electron chi connectivity index (χ3n) is 3.68. The van der Waals surface area contributed by atoms with Gasteiger partial charge in [0, 0.05) is 18.3 Å². The Morgan fingerprint density at radius 2 is 2.00 bits per heavy atom. The number of carboxylic acids is 1. The van der Waals surface area contributed by atoms with Crippen LogP contribution in [-0.2, 0) is 4.79 Å². The van der Waals surface area contributed by atoms with E-state index in [1.54, 1.807) is 6.07 Å². The van der Waals surface area contributed by atoms with Crippen LogP contribution in [-0.4, -0.2) is 34.2 Å². The van der Waals surface area contributed by atoms with E-state index in [4.69, 9.17) is 4.74 Å². The molecule has 0 aliphatic heterocycles. The van der Waals surface area contributed by atoms with Crippen molar-refractivity contribution in [1.82, 2.24) is 9.97 Å². The van der Waals surface area contributed by atoms with Crippen molar-refractivity contribution in [1.29, 1.82) is 0 Å². The molecule has 21 heavy (non-hydrogen) atoms. The molecule has 1 aromatic heterocycles. The fourth-order valence-corrected chi connectivity index (χ4v) is 2.03. The predicted molar refractivity (Wildman–Crippen MR) is 81.7 cm³/mol. The maximum absolute atomic E-state index is 11.5. The molecule has 0 fully saturated rings. The summed E-state index contributed by atoms with van der Waals surface area (Å²) in [4.78, 5) is 20.0. The molecule has 1 rings (SSSR count). The zero-order valence-corrected chi connectivity index (χ0v) is 13.3. The molecule has 0 aromatic carbocycles. The summed E-state index contributed by atoms with van der Waals surface area (Å²) in [5.41, 5.74) is -0.00936. The highest BCUT2D eigenvalue weighted by molar-refractivity contribution is 5.75. The Bertz CT molecular complexity index is 473. The van der Waals surface area contributed by atoms with E-state index in [0.717, 1.165) is 12.1 Å². The minimum Gasteiger partial charge on any atom is -0.481 e. The molecule has 0 amide bonds. The first-order valence-corrected chi connectivity index (χ1v) is 7.43. The number of aliphatic carboxylic acids is 1. The highest BCUT2D eigenvalue weighted by Gasteiger charge is 2.34. The number of rotatable bonds is 9. The average Bonchev–Trinajstić information content (AvgIpc) is 2.46. The van der Waals surface area contributed by atoms with E-state index < -0.39 is 11.4 Å². The van der Waals surface area contributed by atoms with Crippen LogP contribution in [0.2, 0.25) is 0 Å². The molecule has 0 radical (unpaired) electrons. The number of anilines is 1. The van der Waals surface area contributed by atoms with Crippen LogP contribution in [0.25, 0.3) is 0 Å². The Morgan fingerprint density at radius 1 is 1.33 bits per heavy atom. The first-order valence-electron chi connectivity index (χ1n) is 7.43. The van der Waals surface area contributed by atoms with E-state index in [1.807, 2.05) is 27.7 Å². The average molecular weight is 295 g/mol. The molecule has 0 saturated carbocycles. The van der Waals surface area contributed by atoms with Crippen LogP contribution in [0.3, 0.4) is 0 Å². The third kappa shape index (κ3) is 4.58. The highest BCUT2D eigenvalue weighted by Crippen LogP contribution is 2.27. The summed E-state index contributed by atoms with van der Waals surface area (Å²) < 4.78 is 5.50. The van der Waals surface area contributed by atoms with E-state index >= 15 is 0 Å². The maximum Gasteiger partial charge on any atom is 0.311 e. The molecule has 2 N–H and O–H groups in total. The molecule has 0 aliphatic rings. The van der Waals surface area contributed by atoms with Gasteiger partial charge in [-0.2, -0.15) is 4.98 Å². The molecule has 6 heteroatoms. The Labute approximate surface area is 126 Å². The van der Waals surface area contributed by atoms with Crippen LogP contribution in [0.5, 0.6) is 5.88 Å². The predicted octanol–water partition coefficient (Wildman–Crippen LogP) is 2.88. The second kappa shape index (κ2) is 7.81.